The first-order chi connectivity index (χ1) is 7.13. The van der Waals surface area contributed by atoms with E-state index < -0.39 is 11.4 Å². The van der Waals surface area contributed by atoms with Gasteiger partial charge in [0.05, 0.1) is 0 Å². The van der Waals surface area contributed by atoms with Crippen molar-refractivity contribution < 1.29 is 4.79 Å². The van der Waals surface area contributed by atoms with Gasteiger partial charge in [-0.15, -0.1) is 0 Å². The number of nitrogens with two attached hydrogens (primary N) is 2. The highest BCUT2D eigenvalue weighted by Gasteiger charge is 2.36. The number of hydrogen-bond donors (Lipinski definition) is 2. The maximum atomic E-state index is 11.2. The number of hydrogen-bond acceptors (Lipinski definition) is 3. The molecule has 2 unspecified atom stereocenters. The van der Waals surface area contributed by atoms with Crippen LogP contribution in [-0.4, -0.2) is 36.0 Å². The minimum atomic E-state index is -0.910. The first-order valence-corrected chi connectivity index (χ1v) is 5.94. The van der Waals surface area contributed by atoms with E-state index in [1.54, 1.807) is 6.92 Å². The SMILES string of the molecule is CC(N)(CN1CCC(C(C)(C)C)C1)C(N)=O. The Balaban J connectivity index is 2.52. The highest BCUT2D eigenvalue weighted by Crippen LogP contribution is 2.33. The van der Waals surface area contributed by atoms with E-state index in [-0.39, 0.29) is 0 Å². The second kappa shape index (κ2) is 4.34. The average Bonchev–Trinajstić information content (AvgIpc) is 2.50. The Morgan fingerprint density at radius 2 is 1.94 bits per heavy atom. The molecule has 0 aliphatic carbocycles. The maximum Gasteiger partial charge on any atom is 0.238 e. The van der Waals surface area contributed by atoms with Crippen molar-refractivity contribution in [2.75, 3.05) is 19.6 Å². The van der Waals surface area contributed by atoms with E-state index in [0.29, 0.717) is 17.9 Å². The summed E-state index contributed by atoms with van der Waals surface area (Å²) in [5, 5.41) is 0. The topological polar surface area (TPSA) is 72.3 Å². The molecule has 0 bridgehead atoms. The van der Waals surface area contributed by atoms with Gasteiger partial charge in [0.15, 0.2) is 0 Å². The van der Waals surface area contributed by atoms with Crippen LogP contribution in [0.2, 0.25) is 0 Å². The number of primary amides is 1. The van der Waals surface area contributed by atoms with Gasteiger partial charge >= 0.3 is 0 Å². The monoisotopic (exact) mass is 227 g/mol. The normalized spacial score (nSPS) is 26.7. The molecule has 1 fully saturated rings. The molecule has 4 heteroatoms. The van der Waals surface area contributed by atoms with Crippen LogP contribution in [0.4, 0.5) is 0 Å². The second-order valence-corrected chi connectivity index (χ2v) is 6.37. The Kier molecular flexibility index (Phi) is 3.65. The lowest BCUT2D eigenvalue weighted by molar-refractivity contribution is -0.123. The van der Waals surface area contributed by atoms with E-state index in [1.165, 1.54) is 6.42 Å². The third kappa shape index (κ3) is 3.19. The van der Waals surface area contributed by atoms with Gasteiger partial charge in [-0.1, -0.05) is 20.8 Å². The third-order valence-electron chi connectivity index (χ3n) is 3.61. The number of nitrogens with zero attached hydrogens (tertiary/aromatic N) is 1. The van der Waals surface area contributed by atoms with E-state index in [0.717, 1.165) is 13.1 Å². The van der Waals surface area contributed by atoms with Crippen LogP contribution in [0.3, 0.4) is 0 Å². The smallest absolute Gasteiger partial charge is 0.238 e. The second-order valence-electron chi connectivity index (χ2n) is 6.37. The summed E-state index contributed by atoms with van der Waals surface area (Å²) in [4.78, 5) is 13.4. The Labute approximate surface area is 98.3 Å². The molecule has 0 saturated carbocycles. The van der Waals surface area contributed by atoms with Gasteiger partial charge in [-0.3, -0.25) is 4.79 Å². The molecule has 0 aromatic rings. The van der Waals surface area contributed by atoms with Gasteiger partial charge < -0.3 is 16.4 Å². The summed E-state index contributed by atoms with van der Waals surface area (Å²) < 4.78 is 0. The molecule has 1 heterocycles. The summed E-state index contributed by atoms with van der Waals surface area (Å²) in [5.41, 5.74) is 10.6. The first-order valence-electron chi connectivity index (χ1n) is 5.94. The molecule has 1 rings (SSSR count). The number of rotatable bonds is 3. The fourth-order valence-electron chi connectivity index (χ4n) is 2.23. The lowest BCUT2D eigenvalue weighted by Gasteiger charge is -2.30. The van der Waals surface area contributed by atoms with E-state index in [9.17, 15) is 4.79 Å². The predicted molar refractivity (Wildman–Crippen MR) is 65.8 cm³/mol. The van der Waals surface area contributed by atoms with Crippen molar-refractivity contribution in [2.45, 2.75) is 39.7 Å². The molecular formula is C12H25N3O. The van der Waals surface area contributed by atoms with Crippen LogP contribution in [0.25, 0.3) is 0 Å². The molecule has 4 nitrogen and oxygen atoms in total. The molecule has 16 heavy (non-hydrogen) atoms. The van der Waals surface area contributed by atoms with Crippen molar-refractivity contribution in [3.05, 3.63) is 0 Å². The van der Waals surface area contributed by atoms with Crippen molar-refractivity contribution in [3.8, 4) is 0 Å². The molecule has 0 aromatic carbocycles. The van der Waals surface area contributed by atoms with Gasteiger partial charge in [0.2, 0.25) is 5.91 Å². The van der Waals surface area contributed by atoms with Crippen molar-refractivity contribution in [3.63, 3.8) is 0 Å². The van der Waals surface area contributed by atoms with Crippen molar-refractivity contribution >= 4 is 5.91 Å². The Morgan fingerprint density at radius 3 is 2.31 bits per heavy atom. The number of carbonyl (C=O) groups is 1. The van der Waals surface area contributed by atoms with Crippen LogP contribution >= 0.6 is 0 Å². The summed E-state index contributed by atoms with van der Waals surface area (Å²) in [6, 6.07) is 0. The zero-order valence-electron chi connectivity index (χ0n) is 10.9. The van der Waals surface area contributed by atoms with Crippen molar-refractivity contribution in [2.24, 2.45) is 22.8 Å². The molecule has 4 N–H and O–H groups in total. The van der Waals surface area contributed by atoms with E-state index in [1.807, 2.05) is 0 Å². The molecule has 1 aliphatic heterocycles. The molecule has 0 radical (unpaired) electrons. The van der Waals surface area contributed by atoms with Crippen LogP contribution in [0.5, 0.6) is 0 Å². The van der Waals surface area contributed by atoms with Crippen LogP contribution in [0.1, 0.15) is 34.1 Å². The fourth-order valence-corrected chi connectivity index (χ4v) is 2.23. The summed E-state index contributed by atoms with van der Waals surface area (Å²) >= 11 is 0. The summed E-state index contributed by atoms with van der Waals surface area (Å²) in [7, 11) is 0. The van der Waals surface area contributed by atoms with Gasteiger partial charge in [0.25, 0.3) is 0 Å². The van der Waals surface area contributed by atoms with Gasteiger partial charge in [-0.25, -0.2) is 0 Å². The Morgan fingerprint density at radius 1 is 1.38 bits per heavy atom. The molecule has 0 spiro atoms. The number of carbonyl (C=O) groups excluding carboxylic acids is 1. The van der Waals surface area contributed by atoms with Gasteiger partial charge in [-0.2, -0.15) is 0 Å². The van der Waals surface area contributed by atoms with Crippen molar-refractivity contribution in [1.29, 1.82) is 0 Å². The van der Waals surface area contributed by atoms with Crippen LogP contribution in [0.15, 0.2) is 0 Å². The van der Waals surface area contributed by atoms with Crippen molar-refractivity contribution in [1.82, 2.24) is 4.90 Å². The molecule has 1 saturated heterocycles. The van der Waals surface area contributed by atoms with Gasteiger partial charge in [0, 0.05) is 13.1 Å². The zero-order chi connectivity index (χ0) is 12.6. The largest absolute Gasteiger partial charge is 0.368 e. The van der Waals surface area contributed by atoms with Crippen LogP contribution in [0, 0.1) is 11.3 Å². The molecule has 1 aliphatic rings. The summed E-state index contributed by atoms with van der Waals surface area (Å²) in [6.45, 7) is 11.1. The Hall–Kier alpha value is -0.610. The molecule has 2 atom stereocenters. The first kappa shape index (κ1) is 13.5. The van der Waals surface area contributed by atoms with E-state index >= 15 is 0 Å². The predicted octanol–water partition coefficient (Wildman–Crippen LogP) is 0.557. The summed E-state index contributed by atoms with van der Waals surface area (Å²) in [5.74, 6) is 0.253. The average molecular weight is 227 g/mol. The number of likely N-dealkylation sites (tertiary alicyclic amines) is 1. The maximum absolute atomic E-state index is 11.2. The minimum Gasteiger partial charge on any atom is -0.368 e. The van der Waals surface area contributed by atoms with E-state index in [4.69, 9.17) is 11.5 Å². The summed E-state index contributed by atoms with van der Waals surface area (Å²) in [6.07, 6.45) is 1.18. The molecule has 1 amide bonds. The quantitative estimate of drug-likeness (QED) is 0.740. The molecular weight excluding hydrogens is 202 g/mol. The van der Waals surface area contributed by atoms with Gasteiger partial charge in [0.1, 0.15) is 5.54 Å². The third-order valence-corrected chi connectivity index (χ3v) is 3.61. The zero-order valence-corrected chi connectivity index (χ0v) is 10.9. The fraction of sp³-hybridized carbons (Fsp3) is 0.917. The number of amides is 1. The highest BCUT2D eigenvalue weighted by molar-refractivity contribution is 5.84. The van der Waals surface area contributed by atoms with E-state index in [2.05, 4.69) is 25.7 Å². The lowest BCUT2D eigenvalue weighted by Crippen LogP contribution is -2.56. The minimum absolute atomic E-state index is 0.326. The van der Waals surface area contributed by atoms with Gasteiger partial charge in [-0.05, 0) is 31.2 Å². The standard InChI is InChI=1S/C12H25N3O/c1-11(2,3)9-5-6-15(7-9)8-12(4,14)10(13)16/h9H,5-8,14H2,1-4H3,(H2,13,16). The highest BCUT2D eigenvalue weighted by atomic mass is 16.1. The molecule has 94 valence electrons. The lowest BCUT2D eigenvalue weighted by atomic mass is 9.80. The molecule has 0 aromatic heterocycles. The Bertz CT molecular complexity index is 268. The van der Waals surface area contributed by atoms with Crippen LogP contribution in [-0.2, 0) is 4.79 Å². The van der Waals surface area contributed by atoms with Crippen LogP contribution < -0.4 is 11.5 Å².